The summed E-state index contributed by atoms with van der Waals surface area (Å²) in [6, 6.07) is 58.2. The van der Waals surface area contributed by atoms with Crippen LogP contribution in [0.5, 0.6) is 0 Å². The molecule has 0 spiro atoms. The molecule has 10 heteroatoms. The molecule has 7 nitrogen and oxygen atoms in total. The van der Waals surface area contributed by atoms with E-state index >= 15 is 13.2 Å². The van der Waals surface area contributed by atoms with Crippen molar-refractivity contribution in [2.24, 2.45) is 0 Å². The van der Waals surface area contributed by atoms with E-state index in [0.717, 1.165) is 54.6 Å². The molecule has 10 aromatic rings. The molecule has 0 saturated carbocycles. The van der Waals surface area contributed by atoms with Gasteiger partial charge < -0.3 is 9.13 Å². The number of hydrogen-bond acceptors (Lipinski definition) is 5. The largest absolute Gasteiger partial charge is 0.418 e. The maximum atomic E-state index is 16.7. The molecule has 8 aromatic carbocycles. The van der Waals surface area contributed by atoms with Gasteiger partial charge in [-0.05, 0) is 159 Å². The normalized spacial score (nSPS) is 14.7. The predicted molar refractivity (Wildman–Crippen MR) is 292 cm³/mol. The molecule has 2 aliphatic carbocycles. The van der Waals surface area contributed by atoms with Crippen LogP contribution >= 0.6 is 0 Å². The van der Waals surface area contributed by atoms with Crippen LogP contribution in [0.3, 0.4) is 0 Å². The first-order valence-corrected chi connectivity index (χ1v) is 24.3. The van der Waals surface area contributed by atoms with Crippen molar-refractivity contribution in [3.8, 4) is 75.1 Å². The number of rotatable bonds is 5. The Labute approximate surface area is 433 Å². The maximum absolute atomic E-state index is 16.7. The summed E-state index contributed by atoms with van der Waals surface area (Å²) in [5.41, 5.74) is 8.95. The molecular formula is C66H36F3N7. The highest BCUT2D eigenvalue weighted by Gasteiger charge is 2.37. The molecule has 2 aliphatic rings. The van der Waals surface area contributed by atoms with Crippen LogP contribution in [-0.2, 0) is 6.18 Å². The molecule has 76 heavy (non-hydrogen) atoms. The van der Waals surface area contributed by atoms with Crippen LogP contribution in [0.4, 0.5) is 13.2 Å². The van der Waals surface area contributed by atoms with Crippen LogP contribution < -0.4 is 10.4 Å². The number of fused-ring (bicyclic) bond motifs is 6. The standard InChI is InChI=1S/C66H36F3N7/c67-66(68,69)59-34-64(75-60-29-49(45-11-1-6-40(24-45)35-70)16-20-54(60)55-21-17-50(30-61(55)75)46-12-2-7-41(25-46)36-71)58(53-15-5-10-44(28-53)39-74)33-65(59)76-62-31-51(47-13-3-8-42(26-47)37-72)18-22-56(62)57-23-19-52(32-63(57)76)48-14-4-9-43(27-48)38-73/h1-12,15-34H,13-14H2. The lowest BCUT2D eigenvalue weighted by molar-refractivity contribution is -0.137. The summed E-state index contributed by atoms with van der Waals surface area (Å²) in [5, 5.41) is 54.2. The minimum absolute atomic E-state index is 0.157. The van der Waals surface area contributed by atoms with E-state index in [4.69, 9.17) is 0 Å². The van der Waals surface area contributed by atoms with Crippen molar-refractivity contribution in [2.45, 2.75) is 19.0 Å². The summed E-state index contributed by atoms with van der Waals surface area (Å²) >= 11 is 0. The molecule has 0 N–H and O–H groups in total. The average molecular weight is 984 g/mol. The van der Waals surface area contributed by atoms with Crippen molar-refractivity contribution in [3.05, 3.63) is 238 Å². The first kappa shape index (κ1) is 46.4. The van der Waals surface area contributed by atoms with Gasteiger partial charge in [0.25, 0.3) is 0 Å². The van der Waals surface area contributed by atoms with Gasteiger partial charge >= 0.3 is 6.18 Å². The number of alkyl halides is 3. The third kappa shape index (κ3) is 7.99. The van der Waals surface area contributed by atoms with Crippen molar-refractivity contribution >= 4 is 54.8 Å². The minimum Gasteiger partial charge on any atom is -0.309 e. The Morgan fingerprint density at radius 3 is 1.25 bits per heavy atom. The number of nitrogens with zero attached hydrogens (tertiary/aromatic N) is 7. The zero-order valence-electron chi connectivity index (χ0n) is 40.2. The molecule has 0 unspecified atom stereocenters. The second kappa shape index (κ2) is 18.4. The van der Waals surface area contributed by atoms with Crippen LogP contribution in [0, 0.1) is 56.7 Å². The van der Waals surface area contributed by atoms with Crippen LogP contribution in [0.15, 0.2) is 205 Å². The first-order chi connectivity index (χ1) is 37.0. The van der Waals surface area contributed by atoms with Gasteiger partial charge in [0.1, 0.15) is 0 Å². The fourth-order valence-electron chi connectivity index (χ4n) is 10.8. The molecule has 0 atom stereocenters. The number of allylic oxidation sites excluding steroid dienone is 8. The Bertz CT molecular complexity index is 4460. The van der Waals surface area contributed by atoms with Crippen LogP contribution in [0.2, 0.25) is 0 Å². The van der Waals surface area contributed by atoms with E-state index < -0.39 is 11.7 Å². The maximum Gasteiger partial charge on any atom is 0.418 e. The number of nitriles is 5. The summed E-state index contributed by atoms with van der Waals surface area (Å²) in [4.78, 5) is 0. The fraction of sp³-hybridized carbons (Fsp3) is 0.0455. The molecule has 12 rings (SSSR count). The van der Waals surface area contributed by atoms with Gasteiger partial charge in [-0.25, -0.2) is 0 Å². The van der Waals surface area contributed by atoms with E-state index in [-0.39, 0.29) is 11.4 Å². The summed E-state index contributed by atoms with van der Waals surface area (Å²) < 4.78 is 53.8. The smallest absolute Gasteiger partial charge is 0.309 e. The zero-order chi connectivity index (χ0) is 52.2. The Morgan fingerprint density at radius 2 is 0.803 bits per heavy atom. The first-order valence-electron chi connectivity index (χ1n) is 24.3. The number of benzene rings is 8. The molecule has 0 saturated heterocycles. The zero-order valence-corrected chi connectivity index (χ0v) is 40.2. The van der Waals surface area contributed by atoms with Crippen LogP contribution in [0.25, 0.3) is 99.5 Å². The van der Waals surface area contributed by atoms with Crippen molar-refractivity contribution in [1.29, 1.82) is 26.3 Å². The molecule has 0 radical (unpaired) electrons. The van der Waals surface area contributed by atoms with Gasteiger partial charge in [-0.3, -0.25) is 0 Å². The van der Waals surface area contributed by atoms with Crippen molar-refractivity contribution in [3.63, 3.8) is 0 Å². The molecule has 0 bridgehead atoms. The number of aromatic nitrogens is 2. The van der Waals surface area contributed by atoms with E-state index in [1.54, 1.807) is 95.6 Å². The van der Waals surface area contributed by atoms with E-state index in [2.05, 4.69) is 30.3 Å². The molecule has 0 amide bonds. The van der Waals surface area contributed by atoms with Crippen LogP contribution in [-0.4, -0.2) is 9.13 Å². The second-order valence-electron chi connectivity index (χ2n) is 18.7. The van der Waals surface area contributed by atoms with Gasteiger partial charge in [-0.1, -0.05) is 97.1 Å². The van der Waals surface area contributed by atoms with Gasteiger partial charge in [0.05, 0.1) is 97.2 Å². The van der Waals surface area contributed by atoms with E-state index in [0.29, 0.717) is 84.6 Å². The molecular weight excluding hydrogens is 948 g/mol. The highest BCUT2D eigenvalue weighted by Crippen LogP contribution is 2.46. The van der Waals surface area contributed by atoms with E-state index in [9.17, 15) is 26.3 Å². The van der Waals surface area contributed by atoms with E-state index in [1.807, 2.05) is 102 Å². The Morgan fingerprint density at radius 1 is 0.395 bits per heavy atom. The van der Waals surface area contributed by atoms with Crippen LogP contribution in [0.1, 0.15) is 35.1 Å². The topological polar surface area (TPSA) is 129 Å². The predicted octanol–water partition coefficient (Wildman–Crippen LogP) is 14.6. The average Bonchev–Trinajstić information content (AvgIpc) is 4.01. The molecule has 0 fully saturated rings. The Kier molecular flexibility index (Phi) is 11.2. The van der Waals surface area contributed by atoms with Gasteiger partial charge in [0.2, 0.25) is 0 Å². The molecule has 0 aliphatic heterocycles. The van der Waals surface area contributed by atoms with Crippen molar-refractivity contribution < 1.29 is 13.2 Å². The Balaban J connectivity index is 1.24. The van der Waals surface area contributed by atoms with Gasteiger partial charge in [-0.15, -0.1) is 0 Å². The lowest BCUT2D eigenvalue weighted by Crippen LogP contribution is -2.14. The number of hydrogen-bond donors (Lipinski definition) is 0. The Hall–Kier alpha value is -10.7. The molecule has 2 heterocycles. The van der Waals surface area contributed by atoms with Crippen molar-refractivity contribution in [1.82, 2.24) is 9.13 Å². The van der Waals surface area contributed by atoms with E-state index in [1.165, 1.54) is 6.07 Å². The third-order valence-corrected chi connectivity index (χ3v) is 14.3. The SMILES string of the molecule is N#CC1=CC(=c2ccc3c4ccc(=C5C=C(C#N)C=CC5)cc4n(-c4cc(-c5cccc(C#N)c5)c(-n5c6cc(-c7cccc(C#N)c7)ccc6c6ccc(-c7cccc(C#N)c7)cc65)cc4C(F)(F)F)c3c2)CC=C1. The van der Waals surface area contributed by atoms with Gasteiger partial charge in [0, 0.05) is 27.1 Å². The second-order valence-corrected chi connectivity index (χ2v) is 18.7. The highest BCUT2D eigenvalue weighted by molar-refractivity contribution is 6.13. The summed E-state index contributed by atoms with van der Waals surface area (Å²) in [5.74, 6) is 0. The lowest BCUT2D eigenvalue weighted by Gasteiger charge is -2.22. The summed E-state index contributed by atoms with van der Waals surface area (Å²) in [7, 11) is 0. The summed E-state index contributed by atoms with van der Waals surface area (Å²) in [6.07, 6.45) is 6.99. The summed E-state index contributed by atoms with van der Waals surface area (Å²) in [6.45, 7) is 0. The van der Waals surface area contributed by atoms with Gasteiger partial charge in [0.15, 0.2) is 0 Å². The minimum atomic E-state index is -4.94. The lowest BCUT2D eigenvalue weighted by atomic mass is 9.97. The van der Waals surface area contributed by atoms with Crippen molar-refractivity contribution in [2.75, 3.05) is 0 Å². The quantitative estimate of drug-likeness (QED) is 0.170. The molecule has 356 valence electrons. The fourth-order valence-corrected chi connectivity index (χ4v) is 10.8. The number of halogens is 3. The van der Waals surface area contributed by atoms with Gasteiger partial charge in [-0.2, -0.15) is 39.5 Å². The third-order valence-electron chi connectivity index (χ3n) is 14.3. The highest BCUT2D eigenvalue weighted by atomic mass is 19.4. The monoisotopic (exact) mass is 983 g/mol. The molecule has 2 aromatic heterocycles.